The molecule has 0 saturated heterocycles. The van der Waals surface area contributed by atoms with Crippen LogP contribution < -0.4 is 4.74 Å². The van der Waals surface area contributed by atoms with Crippen LogP contribution in [-0.2, 0) is 6.42 Å². The quantitative estimate of drug-likeness (QED) is 0.701. The van der Waals surface area contributed by atoms with Gasteiger partial charge in [-0.25, -0.2) is 0 Å². The monoisotopic (exact) mass is 201 g/mol. The lowest BCUT2D eigenvalue weighted by molar-refractivity contribution is 0.414. The van der Waals surface area contributed by atoms with E-state index in [-0.39, 0.29) is 0 Å². The summed E-state index contributed by atoms with van der Waals surface area (Å²) in [5.41, 5.74) is 2.46. The molecule has 0 radical (unpaired) electrons. The van der Waals surface area contributed by atoms with Crippen molar-refractivity contribution in [2.75, 3.05) is 7.11 Å². The number of rotatable bonds is 4. The van der Waals surface area contributed by atoms with Crippen LogP contribution in [0.2, 0.25) is 0 Å². The lowest BCUT2D eigenvalue weighted by atomic mass is 10.1. The SMILES string of the molecule is COc1ccc(C/C(C)=C/CC#N)cc1. The molecule has 0 fully saturated rings. The molecule has 78 valence electrons. The van der Waals surface area contributed by atoms with Gasteiger partial charge in [-0.2, -0.15) is 5.26 Å². The van der Waals surface area contributed by atoms with Gasteiger partial charge in [0.2, 0.25) is 0 Å². The number of allylic oxidation sites excluding steroid dienone is 2. The molecule has 0 amide bonds. The highest BCUT2D eigenvalue weighted by atomic mass is 16.5. The van der Waals surface area contributed by atoms with E-state index in [2.05, 4.69) is 6.07 Å². The van der Waals surface area contributed by atoms with Crippen LogP contribution in [0.4, 0.5) is 0 Å². The van der Waals surface area contributed by atoms with Gasteiger partial charge in [-0.15, -0.1) is 0 Å². The average molecular weight is 201 g/mol. The summed E-state index contributed by atoms with van der Waals surface area (Å²) in [5.74, 6) is 0.873. The number of nitriles is 1. The summed E-state index contributed by atoms with van der Waals surface area (Å²) in [6.07, 6.45) is 3.35. The van der Waals surface area contributed by atoms with Crippen molar-refractivity contribution in [3.8, 4) is 11.8 Å². The molecule has 0 bridgehead atoms. The average Bonchev–Trinajstić information content (AvgIpc) is 2.27. The Labute approximate surface area is 90.8 Å². The van der Waals surface area contributed by atoms with E-state index < -0.39 is 0 Å². The summed E-state index contributed by atoms with van der Waals surface area (Å²) in [7, 11) is 1.66. The normalized spacial score (nSPS) is 10.9. The predicted molar refractivity (Wildman–Crippen MR) is 60.7 cm³/mol. The molecular formula is C13H15NO. The maximum atomic E-state index is 8.44. The first-order valence-electron chi connectivity index (χ1n) is 4.91. The van der Waals surface area contributed by atoms with Gasteiger partial charge < -0.3 is 4.74 Å². The van der Waals surface area contributed by atoms with E-state index in [9.17, 15) is 0 Å². The first-order valence-corrected chi connectivity index (χ1v) is 4.91. The smallest absolute Gasteiger partial charge is 0.118 e. The fourth-order valence-electron chi connectivity index (χ4n) is 1.36. The van der Waals surface area contributed by atoms with Gasteiger partial charge in [0.05, 0.1) is 19.6 Å². The first-order chi connectivity index (χ1) is 7.26. The van der Waals surface area contributed by atoms with Crippen molar-refractivity contribution < 1.29 is 4.74 Å². The number of methoxy groups -OCH3 is 1. The Hall–Kier alpha value is -1.75. The van der Waals surface area contributed by atoms with Crippen LogP contribution in [0.3, 0.4) is 0 Å². The van der Waals surface area contributed by atoms with E-state index in [1.54, 1.807) is 7.11 Å². The summed E-state index contributed by atoms with van der Waals surface area (Å²) < 4.78 is 5.08. The van der Waals surface area contributed by atoms with Crippen LogP contribution in [0.1, 0.15) is 18.9 Å². The van der Waals surface area contributed by atoms with E-state index in [0.717, 1.165) is 12.2 Å². The van der Waals surface area contributed by atoms with Crippen LogP contribution in [0.25, 0.3) is 0 Å². The molecule has 1 rings (SSSR count). The van der Waals surface area contributed by atoms with Gasteiger partial charge in [0.15, 0.2) is 0 Å². The molecule has 1 aromatic rings. The van der Waals surface area contributed by atoms with Gasteiger partial charge in [-0.3, -0.25) is 0 Å². The molecule has 0 aromatic heterocycles. The third-order valence-electron chi connectivity index (χ3n) is 2.18. The van der Waals surface area contributed by atoms with Crippen LogP contribution in [0.15, 0.2) is 35.9 Å². The fraction of sp³-hybridized carbons (Fsp3) is 0.308. The Kier molecular flexibility index (Phi) is 4.43. The molecule has 1 aromatic carbocycles. The first kappa shape index (κ1) is 11.3. The molecule has 2 nitrogen and oxygen atoms in total. The van der Waals surface area contributed by atoms with Crippen molar-refractivity contribution in [1.29, 1.82) is 5.26 Å². The Bertz CT molecular complexity index is 371. The molecule has 0 aliphatic carbocycles. The summed E-state index contributed by atoms with van der Waals surface area (Å²) in [4.78, 5) is 0. The highest BCUT2D eigenvalue weighted by molar-refractivity contribution is 5.29. The summed E-state index contributed by atoms with van der Waals surface area (Å²) in [5, 5.41) is 8.44. The number of hydrogen-bond donors (Lipinski definition) is 0. The van der Waals surface area contributed by atoms with Crippen LogP contribution in [0.5, 0.6) is 5.75 Å². The molecule has 0 aliphatic rings. The van der Waals surface area contributed by atoms with Gasteiger partial charge in [-0.05, 0) is 31.0 Å². The predicted octanol–water partition coefficient (Wildman–Crippen LogP) is 3.10. The molecule has 0 atom stereocenters. The second kappa shape index (κ2) is 5.87. The summed E-state index contributed by atoms with van der Waals surface area (Å²) in [6, 6.07) is 10.1. The molecule has 0 unspecified atom stereocenters. The van der Waals surface area contributed by atoms with Gasteiger partial charge in [0.1, 0.15) is 5.75 Å². The van der Waals surface area contributed by atoms with E-state index in [4.69, 9.17) is 10.00 Å². The second-order valence-electron chi connectivity index (χ2n) is 3.44. The molecule has 2 heteroatoms. The van der Waals surface area contributed by atoms with E-state index in [1.165, 1.54) is 11.1 Å². The number of ether oxygens (including phenoxy) is 1. The third-order valence-corrected chi connectivity index (χ3v) is 2.18. The third kappa shape index (κ3) is 3.86. The van der Waals surface area contributed by atoms with Crippen molar-refractivity contribution in [2.24, 2.45) is 0 Å². The van der Waals surface area contributed by atoms with Crippen molar-refractivity contribution in [3.63, 3.8) is 0 Å². The zero-order valence-corrected chi connectivity index (χ0v) is 9.16. The zero-order chi connectivity index (χ0) is 11.1. The van der Waals surface area contributed by atoms with Crippen molar-refractivity contribution >= 4 is 0 Å². The van der Waals surface area contributed by atoms with E-state index >= 15 is 0 Å². The summed E-state index contributed by atoms with van der Waals surface area (Å²) >= 11 is 0. The van der Waals surface area contributed by atoms with E-state index in [1.807, 2.05) is 37.3 Å². The van der Waals surface area contributed by atoms with Gasteiger partial charge in [0, 0.05) is 0 Å². The lowest BCUT2D eigenvalue weighted by Gasteiger charge is -2.03. The molecule has 0 heterocycles. The van der Waals surface area contributed by atoms with Gasteiger partial charge in [0.25, 0.3) is 0 Å². The Morgan fingerprint density at radius 1 is 1.40 bits per heavy atom. The zero-order valence-electron chi connectivity index (χ0n) is 9.16. The number of nitrogens with zero attached hydrogens (tertiary/aromatic N) is 1. The minimum Gasteiger partial charge on any atom is -0.497 e. The number of benzene rings is 1. The minimum atomic E-state index is 0.488. The maximum Gasteiger partial charge on any atom is 0.118 e. The standard InChI is InChI=1S/C13H15NO/c1-11(4-3-9-14)10-12-5-7-13(15-2)8-6-12/h4-8H,3,10H2,1-2H3/b11-4+. The molecule has 0 N–H and O–H groups in total. The molecule has 0 saturated carbocycles. The molecule has 0 spiro atoms. The fourth-order valence-corrected chi connectivity index (χ4v) is 1.36. The minimum absolute atomic E-state index is 0.488. The Morgan fingerprint density at radius 3 is 2.60 bits per heavy atom. The topological polar surface area (TPSA) is 33.0 Å². The largest absolute Gasteiger partial charge is 0.497 e. The van der Waals surface area contributed by atoms with Crippen molar-refractivity contribution in [2.45, 2.75) is 19.8 Å². The maximum absolute atomic E-state index is 8.44. The van der Waals surface area contributed by atoms with Gasteiger partial charge >= 0.3 is 0 Å². The van der Waals surface area contributed by atoms with Crippen LogP contribution >= 0.6 is 0 Å². The molecule has 0 aliphatic heterocycles. The second-order valence-corrected chi connectivity index (χ2v) is 3.44. The van der Waals surface area contributed by atoms with Crippen molar-refractivity contribution in [1.82, 2.24) is 0 Å². The number of hydrogen-bond acceptors (Lipinski definition) is 2. The van der Waals surface area contributed by atoms with Gasteiger partial charge in [-0.1, -0.05) is 23.8 Å². The highest BCUT2D eigenvalue weighted by Crippen LogP contribution is 2.14. The lowest BCUT2D eigenvalue weighted by Crippen LogP contribution is -1.88. The summed E-state index contributed by atoms with van der Waals surface area (Å²) in [6.45, 7) is 2.04. The Balaban J connectivity index is 2.61. The van der Waals surface area contributed by atoms with Crippen LogP contribution in [0, 0.1) is 11.3 Å². The van der Waals surface area contributed by atoms with Crippen molar-refractivity contribution in [3.05, 3.63) is 41.5 Å². The van der Waals surface area contributed by atoms with Crippen LogP contribution in [-0.4, -0.2) is 7.11 Å². The Morgan fingerprint density at radius 2 is 2.07 bits per heavy atom. The highest BCUT2D eigenvalue weighted by Gasteiger charge is 1.95. The van der Waals surface area contributed by atoms with E-state index in [0.29, 0.717) is 6.42 Å². The molecule has 15 heavy (non-hydrogen) atoms. The molecular weight excluding hydrogens is 186 g/mol.